The molecule has 0 saturated carbocycles. The van der Waals surface area contributed by atoms with Crippen molar-refractivity contribution in [1.29, 1.82) is 0 Å². The molecule has 25 heavy (non-hydrogen) atoms. The highest BCUT2D eigenvalue weighted by Crippen LogP contribution is 2.12. The van der Waals surface area contributed by atoms with Crippen LogP contribution in [0.25, 0.3) is 0 Å². The normalized spacial score (nSPS) is 10.9. The molecule has 0 aromatic heterocycles. The van der Waals surface area contributed by atoms with E-state index < -0.39 is 4.92 Å². The van der Waals surface area contributed by atoms with Gasteiger partial charge in [0.1, 0.15) is 0 Å². The SMILES string of the molecule is CCCCCCCCCCCC(=O)N/N=C/c1cccc([N+](=O)[O-])c1. The van der Waals surface area contributed by atoms with Gasteiger partial charge in [-0.05, 0) is 6.42 Å². The first-order valence-electron chi connectivity index (χ1n) is 9.20. The molecule has 0 aliphatic heterocycles. The molecule has 6 heteroatoms. The summed E-state index contributed by atoms with van der Waals surface area (Å²) in [7, 11) is 0. The fourth-order valence-corrected chi connectivity index (χ4v) is 2.55. The first kappa shape index (κ1) is 20.8. The summed E-state index contributed by atoms with van der Waals surface area (Å²) in [6.45, 7) is 2.22. The molecule has 1 amide bonds. The zero-order valence-corrected chi connectivity index (χ0v) is 15.1. The van der Waals surface area contributed by atoms with E-state index >= 15 is 0 Å². The monoisotopic (exact) mass is 347 g/mol. The van der Waals surface area contributed by atoms with Gasteiger partial charge in [0.25, 0.3) is 5.69 Å². The molecule has 1 rings (SSSR count). The van der Waals surface area contributed by atoms with Crippen LogP contribution in [0.15, 0.2) is 29.4 Å². The van der Waals surface area contributed by atoms with Crippen molar-refractivity contribution in [3.8, 4) is 0 Å². The third-order valence-corrected chi connectivity index (χ3v) is 3.99. The lowest BCUT2D eigenvalue weighted by Gasteiger charge is -2.02. The molecule has 0 fully saturated rings. The topological polar surface area (TPSA) is 84.6 Å². The highest BCUT2D eigenvalue weighted by molar-refractivity contribution is 5.83. The van der Waals surface area contributed by atoms with Crippen LogP contribution in [0.1, 0.15) is 76.7 Å². The van der Waals surface area contributed by atoms with Crippen LogP contribution in [0.2, 0.25) is 0 Å². The predicted molar refractivity (Wildman–Crippen MR) is 101 cm³/mol. The van der Waals surface area contributed by atoms with Crippen molar-refractivity contribution in [3.05, 3.63) is 39.9 Å². The van der Waals surface area contributed by atoms with Crippen molar-refractivity contribution >= 4 is 17.8 Å². The van der Waals surface area contributed by atoms with E-state index in [1.54, 1.807) is 12.1 Å². The number of carbonyl (C=O) groups is 1. The Morgan fingerprint density at radius 1 is 1.12 bits per heavy atom. The van der Waals surface area contributed by atoms with Gasteiger partial charge in [-0.15, -0.1) is 0 Å². The van der Waals surface area contributed by atoms with Crippen molar-refractivity contribution in [2.75, 3.05) is 0 Å². The number of hydrogen-bond acceptors (Lipinski definition) is 4. The Balaban J connectivity index is 2.10. The Bertz CT molecular complexity index is 559. The lowest BCUT2D eigenvalue weighted by atomic mass is 10.1. The summed E-state index contributed by atoms with van der Waals surface area (Å²) in [5.74, 6) is -0.121. The molecule has 0 heterocycles. The van der Waals surface area contributed by atoms with Crippen molar-refractivity contribution in [2.45, 2.75) is 71.1 Å². The molecule has 0 bridgehead atoms. The number of unbranched alkanes of at least 4 members (excludes halogenated alkanes) is 8. The number of amides is 1. The standard InChI is InChI=1S/C19H29N3O3/c1-2-3-4-5-6-7-8-9-10-14-19(23)21-20-16-17-12-11-13-18(15-17)22(24)25/h11-13,15-16H,2-10,14H2,1H3,(H,21,23)/b20-16+. The number of non-ortho nitro benzene ring substituents is 1. The van der Waals surface area contributed by atoms with Crippen LogP contribution >= 0.6 is 0 Å². The molecular formula is C19H29N3O3. The van der Waals surface area contributed by atoms with Crippen LogP contribution in [0.4, 0.5) is 5.69 Å². The Labute approximate surface area is 149 Å². The number of rotatable bonds is 13. The fraction of sp³-hybridized carbons (Fsp3) is 0.579. The summed E-state index contributed by atoms with van der Waals surface area (Å²) in [5, 5.41) is 14.5. The maximum atomic E-state index is 11.7. The highest BCUT2D eigenvalue weighted by Gasteiger charge is 2.04. The molecule has 1 N–H and O–H groups in total. The van der Waals surface area contributed by atoms with Crippen LogP contribution in [0, 0.1) is 10.1 Å². The number of carbonyl (C=O) groups excluding carboxylic acids is 1. The number of hydrazone groups is 1. The average molecular weight is 347 g/mol. The lowest BCUT2D eigenvalue weighted by molar-refractivity contribution is -0.384. The molecule has 0 aliphatic rings. The van der Waals surface area contributed by atoms with E-state index in [1.165, 1.54) is 63.3 Å². The number of nitro benzene ring substituents is 1. The van der Waals surface area contributed by atoms with Gasteiger partial charge in [-0.1, -0.05) is 70.4 Å². The van der Waals surface area contributed by atoms with E-state index in [0.29, 0.717) is 12.0 Å². The number of nitro groups is 1. The second kappa shape index (κ2) is 13.1. The third kappa shape index (κ3) is 10.3. The van der Waals surface area contributed by atoms with Gasteiger partial charge < -0.3 is 0 Å². The molecular weight excluding hydrogens is 318 g/mol. The molecule has 0 unspecified atom stereocenters. The summed E-state index contributed by atoms with van der Waals surface area (Å²) < 4.78 is 0. The minimum absolute atomic E-state index is 0.00460. The van der Waals surface area contributed by atoms with E-state index in [1.807, 2.05) is 0 Å². The quantitative estimate of drug-likeness (QED) is 0.237. The summed E-state index contributed by atoms with van der Waals surface area (Å²) >= 11 is 0. The van der Waals surface area contributed by atoms with Crippen LogP contribution in [-0.4, -0.2) is 17.0 Å². The summed E-state index contributed by atoms with van der Waals surface area (Å²) in [6.07, 6.45) is 12.8. The van der Waals surface area contributed by atoms with Gasteiger partial charge >= 0.3 is 0 Å². The van der Waals surface area contributed by atoms with Gasteiger partial charge in [-0.3, -0.25) is 14.9 Å². The van der Waals surface area contributed by atoms with E-state index in [-0.39, 0.29) is 11.6 Å². The largest absolute Gasteiger partial charge is 0.273 e. The van der Waals surface area contributed by atoms with Crippen LogP contribution < -0.4 is 5.43 Å². The summed E-state index contributed by atoms with van der Waals surface area (Å²) in [4.78, 5) is 21.9. The van der Waals surface area contributed by atoms with Crippen molar-refractivity contribution in [2.24, 2.45) is 5.10 Å². The van der Waals surface area contributed by atoms with E-state index in [2.05, 4.69) is 17.5 Å². The van der Waals surface area contributed by atoms with Crippen molar-refractivity contribution in [1.82, 2.24) is 5.43 Å². The predicted octanol–water partition coefficient (Wildman–Crippen LogP) is 4.97. The Kier molecular flexibility index (Phi) is 10.9. The molecule has 1 aromatic carbocycles. The molecule has 0 atom stereocenters. The fourth-order valence-electron chi connectivity index (χ4n) is 2.55. The van der Waals surface area contributed by atoms with Crippen LogP contribution in [0.5, 0.6) is 0 Å². The van der Waals surface area contributed by atoms with Crippen LogP contribution in [0.3, 0.4) is 0 Å². The third-order valence-electron chi connectivity index (χ3n) is 3.99. The smallest absolute Gasteiger partial charge is 0.270 e. The minimum Gasteiger partial charge on any atom is -0.273 e. The lowest BCUT2D eigenvalue weighted by Crippen LogP contribution is -2.16. The number of benzene rings is 1. The molecule has 1 aromatic rings. The van der Waals surface area contributed by atoms with Gasteiger partial charge in [0.2, 0.25) is 5.91 Å². The van der Waals surface area contributed by atoms with Gasteiger partial charge in [0.15, 0.2) is 0 Å². The Morgan fingerprint density at radius 2 is 1.76 bits per heavy atom. The second-order valence-corrected chi connectivity index (χ2v) is 6.22. The van der Waals surface area contributed by atoms with Gasteiger partial charge in [0.05, 0.1) is 11.1 Å². The Morgan fingerprint density at radius 3 is 2.40 bits per heavy atom. The second-order valence-electron chi connectivity index (χ2n) is 6.22. The molecule has 138 valence electrons. The molecule has 0 saturated heterocycles. The Hall–Kier alpha value is -2.24. The highest BCUT2D eigenvalue weighted by atomic mass is 16.6. The molecule has 0 radical (unpaired) electrons. The van der Waals surface area contributed by atoms with Gasteiger partial charge in [0, 0.05) is 24.1 Å². The van der Waals surface area contributed by atoms with E-state index in [4.69, 9.17) is 0 Å². The minimum atomic E-state index is -0.459. The van der Waals surface area contributed by atoms with E-state index in [0.717, 1.165) is 12.8 Å². The molecule has 0 spiro atoms. The van der Waals surface area contributed by atoms with Crippen molar-refractivity contribution < 1.29 is 9.72 Å². The summed E-state index contributed by atoms with van der Waals surface area (Å²) in [6, 6.07) is 6.11. The number of hydrogen-bond donors (Lipinski definition) is 1. The zero-order valence-electron chi connectivity index (χ0n) is 15.1. The number of nitrogens with one attached hydrogen (secondary N) is 1. The molecule has 6 nitrogen and oxygen atoms in total. The maximum absolute atomic E-state index is 11.7. The zero-order chi connectivity index (χ0) is 18.3. The summed E-state index contributed by atoms with van der Waals surface area (Å²) in [5.41, 5.74) is 3.05. The maximum Gasteiger partial charge on any atom is 0.270 e. The first-order chi connectivity index (χ1) is 12.1. The van der Waals surface area contributed by atoms with Gasteiger partial charge in [-0.2, -0.15) is 5.10 Å². The molecule has 0 aliphatic carbocycles. The first-order valence-corrected chi connectivity index (χ1v) is 9.20. The van der Waals surface area contributed by atoms with E-state index in [9.17, 15) is 14.9 Å². The van der Waals surface area contributed by atoms with Crippen molar-refractivity contribution in [3.63, 3.8) is 0 Å². The van der Waals surface area contributed by atoms with Gasteiger partial charge in [-0.25, -0.2) is 5.43 Å². The number of nitrogens with zero attached hydrogens (tertiary/aromatic N) is 2. The van der Waals surface area contributed by atoms with Crippen LogP contribution in [-0.2, 0) is 4.79 Å². The average Bonchev–Trinajstić information content (AvgIpc) is 2.60.